The van der Waals surface area contributed by atoms with Crippen molar-refractivity contribution < 1.29 is 9.53 Å². The van der Waals surface area contributed by atoms with Gasteiger partial charge in [0.2, 0.25) is 0 Å². The van der Waals surface area contributed by atoms with Crippen LogP contribution in [0, 0.1) is 12.8 Å². The minimum absolute atomic E-state index is 0.0234. The molecule has 0 radical (unpaired) electrons. The van der Waals surface area contributed by atoms with Crippen molar-refractivity contribution in [1.29, 1.82) is 0 Å². The van der Waals surface area contributed by atoms with E-state index in [2.05, 4.69) is 0 Å². The fraction of sp³-hybridized carbons (Fsp3) is 0.533. The van der Waals surface area contributed by atoms with Crippen molar-refractivity contribution in [2.75, 3.05) is 19.6 Å². The summed E-state index contributed by atoms with van der Waals surface area (Å²) in [5.41, 5.74) is 6.58. The van der Waals surface area contributed by atoms with E-state index < -0.39 is 6.10 Å². The zero-order chi connectivity index (χ0) is 14.7. The summed E-state index contributed by atoms with van der Waals surface area (Å²) in [7, 11) is 0. The average Bonchev–Trinajstić information content (AvgIpc) is 2.89. The van der Waals surface area contributed by atoms with E-state index in [4.69, 9.17) is 22.1 Å². The molecule has 2 N–H and O–H groups in total. The summed E-state index contributed by atoms with van der Waals surface area (Å²) in [6.07, 6.45) is 0.487. The van der Waals surface area contributed by atoms with Gasteiger partial charge in [0.1, 0.15) is 5.75 Å². The number of ether oxygens (including phenoxy) is 1. The molecule has 1 saturated heterocycles. The molecular weight excluding hydrogens is 276 g/mol. The van der Waals surface area contributed by atoms with Crippen LogP contribution in [0.15, 0.2) is 18.2 Å². The lowest BCUT2D eigenvalue weighted by molar-refractivity contribution is -0.137. The van der Waals surface area contributed by atoms with Crippen LogP contribution in [0.3, 0.4) is 0 Å². The van der Waals surface area contributed by atoms with Crippen molar-refractivity contribution in [3.63, 3.8) is 0 Å². The summed E-state index contributed by atoms with van der Waals surface area (Å²) < 4.78 is 5.76. The van der Waals surface area contributed by atoms with Crippen LogP contribution in [0.5, 0.6) is 5.75 Å². The van der Waals surface area contributed by atoms with E-state index in [-0.39, 0.29) is 5.91 Å². The highest BCUT2D eigenvalue weighted by atomic mass is 35.5. The summed E-state index contributed by atoms with van der Waals surface area (Å²) in [6, 6.07) is 5.39. The van der Waals surface area contributed by atoms with Crippen molar-refractivity contribution >= 4 is 17.5 Å². The molecule has 0 bridgehead atoms. The Labute approximate surface area is 124 Å². The third kappa shape index (κ3) is 3.44. The number of carbonyl (C=O) groups is 1. The van der Waals surface area contributed by atoms with Gasteiger partial charge in [-0.3, -0.25) is 4.79 Å². The Balaban J connectivity index is 1.97. The number of hydrogen-bond donors (Lipinski definition) is 1. The highest BCUT2D eigenvalue weighted by Crippen LogP contribution is 2.24. The predicted molar refractivity (Wildman–Crippen MR) is 80.0 cm³/mol. The first-order chi connectivity index (χ1) is 9.51. The second-order valence-corrected chi connectivity index (χ2v) is 5.78. The fourth-order valence-electron chi connectivity index (χ4n) is 2.47. The molecule has 1 aromatic carbocycles. The SMILES string of the molecule is Cc1cc(Cl)ccc1OC(C)C(=O)N1CCC(CN)C1. The molecular formula is C15H21ClN2O2. The highest BCUT2D eigenvalue weighted by molar-refractivity contribution is 6.30. The first-order valence-electron chi connectivity index (χ1n) is 6.93. The summed E-state index contributed by atoms with van der Waals surface area (Å²) >= 11 is 5.91. The van der Waals surface area contributed by atoms with Crippen LogP contribution in [0.4, 0.5) is 0 Å². The maximum atomic E-state index is 12.3. The van der Waals surface area contributed by atoms with Gasteiger partial charge in [-0.15, -0.1) is 0 Å². The van der Waals surface area contributed by atoms with Crippen molar-refractivity contribution in [2.45, 2.75) is 26.4 Å². The Kier molecular flexibility index (Phi) is 4.89. The molecule has 110 valence electrons. The lowest BCUT2D eigenvalue weighted by Gasteiger charge is -2.22. The standard InChI is InChI=1S/C15H21ClN2O2/c1-10-7-13(16)3-4-14(10)20-11(2)15(19)18-6-5-12(8-17)9-18/h3-4,7,11-12H,5-6,8-9,17H2,1-2H3. The number of hydrogen-bond acceptors (Lipinski definition) is 3. The van der Waals surface area contributed by atoms with Crippen molar-refractivity contribution in [3.8, 4) is 5.75 Å². The molecule has 20 heavy (non-hydrogen) atoms. The molecule has 1 amide bonds. The largest absolute Gasteiger partial charge is 0.481 e. The van der Waals surface area contributed by atoms with Crippen molar-refractivity contribution in [1.82, 2.24) is 4.90 Å². The van der Waals surface area contributed by atoms with Crippen LogP contribution in [-0.2, 0) is 4.79 Å². The van der Waals surface area contributed by atoms with Gasteiger partial charge in [-0.2, -0.15) is 0 Å². The average molecular weight is 297 g/mol. The van der Waals surface area contributed by atoms with Gasteiger partial charge in [0, 0.05) is 18.1 Å². The Morgan fingerprint density at radius 2 is 2.35 bits per heavy atom. The molecule has 5 heteroatoms. The Morgan fingerprint density at radius 3 is 2.95 bits per heavy atom. The molecule has 1 aliphatic rings. The third-order valence-corrected chi connectivity index (χ3v) is 3.95. The normalized spacial score (nSPS) is 20.0. The summed E-state index contributed by atoms with van der Waals surface area (Å²) in [6.45, 7) is 5.84. The third-order valence-electron chi connectivity index (χ3n) is 3.72. The summed E-state index contributed by atoms with van der Waals surface area (Å²) in [5.74, 6) is 1.14. The first-order valence-corrected chi connectivity index (χ1v) is 7.30. The second kappa shape index (κ2) is 6.46. The molecule has 0 saturated carbocycles. The topological polar surface area (TPSA) is 55.6 Å². The van der Waals surface area contributed by atoms with Crippen molar-refractivity contribution in [3.05, 3.63) is 28.8 Å². The van der Waals surface area contributed by atoms with Crippen LogP contribution >= 0.6 is 11.6 Å². The van der Waals surface area contributed by atoms with Crippen LogP contribution < -0.4 is 10.5 Å². The van der Waals surface area contributed by atoms with Gasteiger partial charge >= 0.3 is 0 Å². The van der Waals surface area contributed by atoms with Crippen LogP contribution in [0.2, 0.25) is 5.02 Å². The minimum atomic E-state index is -0.494. The molecule has 2 atom stereocenters. The number of aryl methyl sites for hydroxylation is 1. The van der Waals surface area contributed by atoms with Gasteiger partial charge in [0.25, 0.3) is 5.91 Å². The smallest absolute Gasteiger partial charge is 0.263 e. The number of carbonyl (C=O) groups excluding carboxylic acids is 1. The molecule has 0 aromatic heterocycles. The predicted octanol–water partition coefficient (Wildman–Crippen LogP) is 2.22. The molecule has 4 nitrogen and oxygen atoms in total. The van der Waals surface area contributed by atoms with E-state index in [0.29, 0.717) is 23.2 Å². The van der Waals surface area contributed by atoms with Gasteiger partial charge in [-0.1, -0.05) is 11.6 Å². The first kappa shape index (κ1) is 15.1. The van der Waals surface area contributed by atoms with Gasteiger partial charge in [-0.05, 0) is 56.5 Å². The Morgan fingerprint density at radius 1 is 1.60 bits per heavy atom. The van der Waals surface area contributed by atoms with E-state index in [1.54, 1.807) is 19.1 Å². The number of nitrogens with two attached hydrogens (primary N) is 1. The molecule has 2 unspecified atom stereocenters. The number of benzene rings is 1. The Bertz CT molecular complexity index is 493. The molecule has 0 aliphatic carbocycles. The molecule has 1 fully saturated rings. The maximum Gasteiger partial charge on any atom is 0.263 e. The van der Waals surface area contributed by atoms with Gasteiger partial charge in [0.15, 0.2) is 6.10 Å². The summed E-state index contributed by atoms with van der Waals surface area (Å²) in [5, 5.41) is 0.666. The molecule has 1 heterocycles. The van der Waals surface area contributed by atoms with Crippen LogP contribution in [0.25, 0.3) is 0 Å². The van der Waals surface area contributed by atoms with Crippen LogP contribution in [0.1, 0.15) is 18.9 Å². The second-order valence-electron chi connectivity index (χ2n) is 5.34. The van der Waals surface area contributed by atoms with E-state index in [1.807, 2.05) is 17.9 Å². The number of rotatable bonds is 4. The monoisotopic (exact) mass is 296 g/mol. The lowest BCUT2D eigenvalue weighted by atomic mass is 10.1. The maximum absolute atomic E-state index is 12.3. The van der Waals surface area contributed by atoms with E-state index in [1.165, 1.54) is 0 Å². The number of nitrogens with zero attached hydrogens (tertiary/aromatic N) is 1. The lowest BCUT2D eigenvalue weighted by Crippen LogP contribution is -2.39. The van der Waals surface area contributed by atoms with Crippen molar-refractivity contribution in [2.24, 2.45) is 11.7 Å². The molecule has 1 aliphatic heterocycles. The zero-order valence-electron chi connectivity index (χ0n) is 11.9. The Hall–Kier alpha value is -1.26. The van der Waals surface area contributed by atoms with Gasteiger partial charge < -0.3 is 15.4 Å². The summed E-state index contributed by atoms with van der Waals surface area (Å²) in [4.78, 5) is 14.2. The van der Waals surface area contributed by atoms with E-state index in [0.717, 1.165) is 25.1 Å². The number of amides is 1. The van der Waals surface area contributed by atoms with E-state index >= 15 is 0 Å². The quantitative estimate of drug-likeness (QED) is 0.927. The zero-order valence-corrected chi connectivity index (χ0v) is 12.7. The number of halogens is 1. The van der Waals surface area contributed by atoms with Gasteiger partial charge in [-0.25, -0.2) is 0 Å². The van der Waals surface area contributed by atoms with Crippen LogP contribution in [-0.4, -0.2) is 36.5 Å². The van der Waals surface area contributed by atoms with Gasteiger partial charge in [0.05, 0.1) is 0 Å². The number of likely N-dealkylation sites (tertiary alicyclic amines) is 1. The van der Waals surface area contributed by atoms with E-state index in [9.17, 15) is 4.79 Å². The molecule has 1 aromatic rings. The highest BCUT2D eigenvalue weighted by Gasteiger charge is 2.29. The minimum Gasteiger partial charge on any atom is -0.481 e. The molecule has 2 rings (SSSR count). The molecule has 0 spiro atoms. The fourth-order valence-corrected chi connectivity index (χ4v) is 2.69.